The minimum absolute atomic E-state index is 0.0590. The van der Waals surface area contributed by atoms with E-state index in [9.17, 15) is 9.59 Å². The predicted octanol–water partition coefficient (Wildman–Crippen LogP) is 3.01. The summed E-state index contributed by atoms with van der Waals surface area (Å²) in [5, 5.41) is 3.75. The Balaban J connectivity index is 1.49. The van der Waals surface area contributed by atoms with Gasteiger partial charge >= 0.3 is 0 Å². The summed E-state index contributed by atoms with van der Waals surface area (Å²) in [4.78, 5) is 29.1. The fraction of sp³-hybridized carbons (Fsp3) is 0.211. The molecule has 0 radical (unpaired) electrons. The van der Waals surface area contributed by atoms with Crippen LogP contribution < -0.4 is 15.6 Å². The Morgan fingerprint density at radius 1 is 1.27 bits per heavy atom. The van der Waals surface area contributed by atoms with Crippen LogP contribution in [0.4, 0.5) is 5.69 Å². The SMILES string of the molecule is O=C(COc1ccc2nc3n(c(=O)c2c1)CCC3)Nc1cccc(Cl)c1. The lowest BCUT2D eigenvalue weighted by Crippen LogP contribution is -2.22. The number of carbonyl (C=O) groups is 1. The highest BCUT2D eigenvalue weighted by atomic mass is 35.5. The van der Waals surface area contributed by atoms with Gasteiger partial charge in [0.1, 0.15) is 11.6 Å². The molecule has 3 aromatic rings. The number of ether oxygens (including phenoxy) is 1. The van der Waals surface area contributed by atoms with E-state index in [1.807, 2.05) is 0 Å². The summed E-state index contributed by atoms with van der Waals surface area (Å²) in [5.41, 5.74) is 1.19. The van der Waals surface area contributed by atoms with Crippen LogP contribution in [0.25, 0.3) is 10.9 Å². The van der Waals surface area contributed by atoms with Gasteiger partial charge in [0.05, 0.1) is 10.9 Å². The molecule has 132 valence electrons. The number of halogens is 1. The lowest BCUT2D eigenvalue weighted by molar-refractivity contribution is -0.118. The van der Waals surface area contributed by atoms with Crippen LogP contribution in [0.5, 0.6) is 5.75 Å². The molecule has 0 saturated heterocycles. The van der Waals surface area contributed by atoms with Gasteiger partial charge in [-0.2, -0.15) is 0 Å². The van der Waals surface area contributed by atoms with E-state index in [0.717, 1.165) is 18.7 Å². The molecule has 0 unspecified atom stereocenters. The summed E-state index contributed by atoms with van der Waals surface area (Å²) < 4.78 is 7.24. The van der Waals surface area contributed by atoms with Crippen LogP contribution >= 0.6 is 11.6 Å². The van der Waals surface area contributed by atoms with Crippen LogP contribution in [-0.2, 0) is 17.8 Å². The van der Waals surface area contributed by atoms with Gasteiger partial charge < -0.3 is 10.1 Å². The van der Waals surface area contributed by atoms with E-state index in [1.165, 1.54) is 0 Å². The second-order valence-electron chi connectivity index (χ2n) is 6.11. The van der Waals surface area contributed by atoms with E-state index in [1.54, 1.807) is 47.0 Å². The summed E-state index contributed by atoms with van der Waals surface area (Å²) >= 11 is 5.89. The normalized spacial score (nSPS) is 12.8. The molecular formula is C19H16ClN3O3. The molecule has 1 amide bonds. The molecule has 7 heteroatoms. The Morgan fingerprint density at radius 3 is 3.00 bits per heavy atom. The maximum Gasteiger partial charge on any atom is 0.262 e. The fourth-order valence-corrected chi connectivity index (χ4v) is 3.25. The molecule has 0 aliphatic carbocycles. The van der Waals surface area contributed by atoms with Crippen LogP contribution in [0.3, 0.4) is 0 Å². The summed E-state index contributed by atoms with van der Waals surface area (Å²) in [5.74, 6) is 0.976. The monoisotopic (exact) mass is 369 g/mol. The number of anilines is 1. The second-order valence-corrected chi connectivity index (χ2v) is 6.55. The predicted molar refractivity (Wildman–Crippen MR) is 99.9 cm³/mol. The van der Waals surface area contributed by atoms with E-state index >= 15 is 0 Å². The zero-order chi connectivity index (χ0) is 18.1. The van der Waals surface area contributed by atoms with Crippen LogP contribution in [0.2, 0.25) is 5.02 Å². The number of nitrogens with zero attached hydrogens (tertiary/aromatic N) is 2. The fourth-order valence-electron chi connectivity index (χ4n) is 3.06. The summed E-state index contributed by atoms with van der Waals surface area (Å²) in [6.07, 6.45) is 1.76. The van der Waals surface area contributed by atoms with Crippen LogP contribution in [0.15, 0.2) is 47.3 Å². The molecule has 26 heavy (non-hydrogen) atoms. The Kier molecular flexibility index (Phi) is 4.34. The number of hydrogen-bond donors (Lipinski definition) is 1. The summed E-state index contributed by atoms with van der Waals surface area (Å²) in [6, 6.07) is 12.0. The lowest BCUT2D eigenvalue weighted by atomic mass is 10.2. The van der Waals surface area contributed by atoms with Crippen molar-refractivity contribution < 1.29 is 9.53 Å². The van der Waals surface area contributed by atoms with Crippen molar-refractivity contribution in [1.29, 1.82) is 0 Å². The molecule has 2 heterocycles. The quantitative estimate of drug-likeness (QED) is 0.767. The Labute approximate surface area is 154 Å². The molecule has 0 atom stereocenters. The molecule has 1 aromatic heterocycles. The van der Waals surface area contributed by atoms with Crippen molar-refractivity contribution >= 4 is 34.1 Å². The second kappa shape index (κ2) is 6.80. The molecule has 0 fully saturated rings. The van der Waals surface area contributed by atoms with Gasteiger partial charge in [0.25, 0.3) is 11.5 Å². The highest BCUT2D eigenvalue weighted by Gasteiger charge is 2.16. The molecule has 1 aliphatic heterocycles. The Bertz CT molecular complexity index is 1060. The molecule has 2 aromatic carbocycles. The van der Waals surface area contributed by atoms with Gasteiger partial charge in [-0.3, -0.25) is 14.2 Å². The highest BCUT2D eigenvalue weighted by molar-refractivity contribution is 6.30. The first-order valence-corrected chi connectivity index (χ1v) is 8.70. The van der Waals surface area contributed by atoms with Gasteiger partial charge in [-0.25, -0.2) is 4.98 Å². The third-order valence-corrected chi connectivity index (χ3v) is 4.50. The number of nitrogens with one attached hydrogen (secondary N) is 1. The lowest BCUT2D eigenvalue weighted by Gasteiger charge is -2.09. The van der Waals surface area contributed by atoms with Crippen LogP contribution in [0.1, 0.15) is 12.2 Å². The van der Waals surface area contributed by atoms with Gasteiger partial charge in [-0.15, -0.1) is 0 Å². The maximum absolute atomic E-state index is 12.6. The third-order valence-electron chi connectivity index (χ3n) is 4.27. The average molecular weight is 370 g/mol. The van der Waals surface area contributed by atoms with Crippen molar-refractivity contribution in [2.45, 2.75) is 19.4 Å². The molecule has 6 nitrogen and oxygen atoms in total. The number of carbonyl (C=O) groups excluding carboxylic acids is 1. The van der Waals surface area contributed by atoms with Crippen molar-refractivity contribution in [3.63, 3.8) is 0 Å². The number of benzene rings is 2. The smallest absolute Gasteiger partial charge is 0.262 e. The summed E-state index contributed by atoms with van der Waals surface area (Å²) in [7, 11) is 0. The third kappa shape index (κ3) is 3.28. The first-order chi connectivity index (χ1) is 12.6. The van der Waals surface area contributed by atoms with Gasteiger partial charge in [-0.05, 0) is 42.8 Å². The van der Waals surface area contributed by atoms with Crippen molar-refractivity contribution in [3.8, 4) is 5.75 Å². The average Bonchev–Trinajstić information content (AvgIpc) is 3.09. The Morgan fingerprint density at radius 2 is 2.15 bits per heavy atom. The van der Waals surface area contributed by atoms with Crippen molar-refractivity contribution in [2.24, 2.45) is 0 Å². The van der Waals surface area contributed by atoms with Crippen molar-refractivity contribution in [1.82, 2.24) is 9.55 Å². The molecule has 1 N–H and O–H groups in total. The minimum Gasteiger partial charge on any atom is -0.484 e. The maximum atomic E-state index is 12.6. The number of hydrogen-bond acceptors (Lipinski definition) is 4. The Hall–Kier alpha value is -2.86. The van der Waals surface area contributed by atoms with Crippen LogP contribution in [0, 0.1) is 0 Å². The van der Waals surface area contributed by atoms with Crippen molar-refractivity contribution in [2.75, 3.05) is 11.9 Å². The zero-order valence-electron chi connectivity index (χ0n) is 13.9. The zero-order valence-corrected chi connectivity index (χ0v) is 14.6. The van der Waals surface area contributed by atoms with Crippen LogP contribution in [-0.4, -0.2) is 22.1 Å². The van der Waals surface area contributed by atoms with E-state index < -0.39 is 0 Å². The number of rotatable bonds is 4. The number of fused-ring (bicyclic) bond motifs is 2. The van der Waals surface area contributed by atoms with E-state index in [4.69, 9.17) is 16.3 Å². The minimum atomic E-state index is -0.309. The topological polar surface area (TPSA) is 73.2 Å². The van der Waals surface area contributed by atoms with Gasteiger partial charge in [0.2, 0.25) is 0 Å². The molecule has 0 bridgehead atoms. The first kappa shape index (κ1) is 16.6. The molecule has 0 saturated carbocycles. The van der Waals surface area contributed by atoms with Gasteiger partial charge in [0, 0.05) is 23.7 Å². The van der Waals surface area contributed by atoms with E-state index in [0.29, 0.717) is 33.9 Å². The first-order valence-electron chi connectivity index (χ1n) is 8.32. The van der Waals surface area contributed by atoms with E-state index in [-0.39, 0.29) is 18.1 Å². The van der Waals surface area contributed by atoms with Crippen molar-refractivity contribution in [3.05, 3.63) is 63.7 Å². The molecular weight excluding hydrogens is 354 g/mol. The molecule has 0 spiro atoms. The standard InChI is InChI=1S/C19H16ClN3O3/c20-12-3-1-4-13(9-12)21-18(24)11-26-14-6-7-16-15(10-14)19(25)23-8-2-5-17(23)22-16/h1,3-4,6-7,9-10H,2,5,8,11H2,(H,21,24). The largest absolute Gasteiger partial charge is 0.484 e. The highest BCUT2D eigenvalue weighted by Crippen LogP contribution is 2.20. The number of amides is 1. The number of aromatic nitrogens is 2. The molecule has 4 rings (SSSR count). The molecule has 1 aliphatic rings. The summed E-state index contributed by atoms with van der Waals surface area (Å²) in [6.45, 7) is 0.530. The number of aryl methyl sites for hydroxylation is 1. The van der Waals surface area contributed by atoms with E-state index in [2.05, 4.69) is 10.3 Å². The van der Waals surface area contributed by atoms with Gasteiger partial charge in [0.15, 0.2) is 6.61 Å². The van der Waals surface area contributed by atoms with Gasteiger partial charge in [-0.1, -0.05) is 17.7 Å².